The number of rotatable bonds is 4. The van der Waals surface area contributed by atoms with Gasteiger partial charge in [-0.1, -0.05) is 0 Å². The molecule has 94 valence electrons. The average Bonchev–Trinajstić information content (AvgIpc) is 2.22. The summed E-state index contributed by atoms with van der Waals surface area (Å²) in [4.78, 5) is 4.26. The lowest BCUT2D eigenvalue weighted by molar-refractivity contribution is 0.0486. The van der Waals surface area contributed by atoms with Crippen LogP contribution in [-0.4, -0.2) is 37.4 Å². The first kappa shape index (κ1) is 12.3. The largest absolute Gasteiger partial charge is 0.393 e. The normalized spacial score (nSPS) is 24.1. The van der Waals surface area contributed by atoms with E-state index in [0.29, 0.717) is 18.3 Å². The van der Waals surface area contributed by atoms with Gasteiger partial charge in [0.05, 0.1) is 6.10 Å². The minimum atomic E-state index is -3.26. The van der Waals surface area contributed by atoms with Crippen molar-refractivity contribution in [2.24, 2.45) is 5.92 Å². The van der Waals surface area contributed by atoms with Crippen LogP contribution in [0.3, 0.4) is 0 Å². The highest BCUT2D eigenvalue weighted by Crippen LogP contribution is 2.28. The number of nitrogens with zero attached hydrogens (tertiary/aromatic N) is 1. The lowest BCUT2D eigenvalue weighted by Crippen LogP contribution is -2.33. The minimum absolute atomic E-state index is 0.195. The van der Waals surface area contributed by atoms with Gasteiger partial charge in [-0.3, -0.25) is 0 Å². The van der Waals surface area contributed by atoms with E-state index in [9.17, 15) is 8.42 Å². The van der Waals surface area contributed by atoms with E-state index in [4.69, 9.17) is 5.11 Å². The van der Waals surface area contributed by atoms with Crippen molar-refractivity contribution >= 4 is 15.7 Å². The van der Waals surface area contributed by atoms with Crippen LogP contribution in [0.1, 0.15) is 12.8 Å². The number of aliphatic hydroxyl groups excluding tert-OH is 1. The van der Waals surface area contributed by atoms with E-state index in [0.717, 1.165) is 12.8 Å². The fraction of sp³-hybridized carbons (Fsp3) is 0.545. The summed E-state index contributed by atoms with van der Waals surface area (Å²) in [7, 11) is -3.26. The Hall–Kier alpha value is -1.14. The number of hydrogen-bond acceptors (Lipinski definition) is 5. The molecule has 1 aromatic heterocycles. The molecule has 1 aromatic rings. The zero-order valence-corrected chi connectivity index (χ0v) is 10.4. The first-order valence-corrected chi connectivity index (χ1v) is 7.43. The van der Waals surface area contributed by atoms with Crippen molar-refractivity contribution in [2.75, 3.05) is 18.1 Å². The van der Waals surface area contributed by atoms with Crippen LogP contribution in [0.4, 0.5) is 5.82 Å². The van der Waals surface area contributed by atoms with Crippen molar-refractivity contribution in [3.63, 3.8) is 0 Å². The maximum absolute atomic E-state index is 11.5. The molecule has 5 nitrogen and oxygen atoms in total. The summed E-state index contributed by atoms with van der Waals surface area (Å²) in [5, 5.41) is 12.2. The molecule has 6 heteroatoms. The average molecular weight is 256 g/mol. The van der Waals surface area contributed by atoms with E-state index in [2.05, 4.69) is 10.3 Å². The van der Waals surface area contributed by atoms with Crippen molar-refractivity contribution in [1.29, 1.82) is 0 Å². The van der Waals surface area contributed by atoms with Gasteiger partial charge in [0.25, 0.3) is 0 Å². The number of hydrogen-bond donors (Lipinski definition) is 2. The Bertz CT molecular complexity index is 495. The maximum Gasteiger partial charge on any atom is 0.179 e. The number of aromatic nitrogens is 1. The molecular weight excluding hydrogens is 240 g/mol. The highest BCUT2D eigenvalue weighted by Gasteiger charge is 2.27. The molecule has 1 aliphatic rings. The van der Waals surface area contributed by atoms with Crippen molar-refractivity contribution in [3.05, 3.63) is 18.3 Å². The van der Waals surface area contributed by atoms with Gasteiger partial charge in [0.1, 0.15) is 10.7 Å². The van der Waals surface area contributed by atoms with Gasteiger partial charge in [0, 0.05) is 19.0 Å². The smallest absolute Gasteiger partial charge is 0.179 e. The van der Waals surface area contributed by atoms with Crippen LogP contribution in [0.15, 0.2) is 23.2 Å². The SMILES string of the molecule is CS(=O)(=O)c1cccnc1NCC1CC(O)C1. The van der Waals surface area contributed by atoms with Crippen LogP contribution in [0.25, 0.3) is 0 Å². The predicted octanol–water partition coefficient (Wildman–Crippen LogP) is 0.668. The predicted molar refractivity (Wildman–Crippen MR) is 64.6 cm³/mol. The molecule has 1 aliphatic carbocycles. The van der Waals surface area contributed by atoms with E-state index in [1.807, 2.05) is 0 Å². The second kappa shape index (κ2) is 4.62. The standard InChI is InChI=1S/C11H16N2O3S/c1-17(15,16)10-3-2-4-12-11(10)13-7-8-5-9(14)6-8/h2-4,8-9,14H,5-7H2,1H3,(H,12,13). The van der Waals surface area contributed by atoms with Crippen LogP contribution >= 0.6 is 0 Å². The van der Waals surface area contributed by atoms with Gasteiger partial charge in [0.2, 0.25) is 0 Å². The van der Waals surface area contributed by atoms with Gasteiger partial charge >= 0.3 is 0 Å². The molecule has 2 N–H and O–H groups in total. The first-order valence-electron chi connectivity index (χ1n) is 5.54. The molecule has 0 saturated heterocycles. The summed E-state index contributed by atoms with van der Waals surface area (Å²) in [6, 6.07) is 3.15. The second-order valence-electron chi connectivity index (χ2n) is 4.49. The van der Waals surface area contributed by atoms with Crippen LogP contribution in [-0.2, 0) is 9.84 Å². The van der Waals surface area contributed by atoms with Gasteiger partial charge in [-0.05, 0) is 30.9 Å². The molecule has 1 saturated carbocycles. The molecular formula is C11H16N2O3S. The number of nitrogens with one attached hydrogen (secondary N) is 1. The Labute approximate surface area is 101 Å². The monoisotopic (exact) mass is 256 g/mol. The van der Waals surface area contributed by atoms with E-state index >= 15 is 0 Å². The Morgan fingerprint density at radius 2 is 2.24 bits per heavy atom. The van der Waals surface area contributed by atoms with Crippen molar-refractivity contribution in [2.45, 2.75) is 23.8 Å². The fourth-order valence-corrected chi connectivity index (χ4v) is 2.73. The maximum atomic E-state index is 11.5. The van der Waals surface area contributed by atoms with Crippen LogP contribution in [0.2, 0.25) is 0 Å². The van der Waals surface area contributed by atoms with E-state index in [-0.39, 0.29) is 11.0 Å². The van der Waals surface area contributed by atoms with Crippen LogP contribution < -0.4 is 5.32 Å². The molecule has 0 unspecified atom stereocenters. The van der Waals surface area contributed by atoms with E-state index < -0.39 is 9.84 Å². The topological polar surface area (TPSA) is 79.3 Å². The van der Waals surface area contributed by atoms with Gasteiger partial charge in [-0.15, -0.1) is 0 Å². The van der Waals surface area contributed by atoms with Crippen molar-refractivity contribution < 1.29 is 13.5 Å². The van der Waals surface area contributed by atoms with E-state index in [1.165, 1.54) is 6.26 Å². The molecule has 0 spiro atoms. The number of anilines is 1. The number of sulfone groups is 1. The summed E-state index contributed by atoms with van der Waals surface area (Å²) in [5.74, 6) is 0.802. The lowest BCUT2D eigenvalue weighted by atomic mass is 9.82. The second-order valence-corrected chi connectivity index (χ2v) is 6.48. The molecule has 2 rings (SSSR count). The summed E-state index contributed by atoms with van der Waals surface area (Å²) in [5.41, 5.74) is 0. The third kappa shape index (κ3) is 2.95. The summed E-state index contributed by atoms with van der Waals surface area (Å²) < 4.78 is 23.0. The third-order valence-electron chi connectivity index (χ3n) is 2.94. The summed E-state index contributed by atoms with van der Waals surface area (Å²) in [6.07, 6.45) is 4.08. The zero-order valence-electron chi connectivity index (χ0n) is 9.63. The quantitative estimate of drug-likeness (QED) is 0.827. The molecule has 0 amide bonds. The van der Waals surface area contributed by atoms with Gasteiger partial charge in [-0.25, -0.2) is 13.4 Å². The number of aliphatic hydroxyl groups is 1. The van der Waals surface area contributed by atoms with Gasteiger partial charge < -0.3 is 10.4 Å². The summed E-state index contributed by atoms with van der Waals surface area (Å²) in [6.45, 7) is 0.649. The molecule has 1 heterocycles. The summed E-state index contributed by atoms with van der Waals surface area (Å²) >= 11 is 0. The molecule has 0 bridgehead atoms. The highest BCUT2D eigenvalue weighted by atomic mass is 32.2. The highest BCUT2D eigenvalue weighted by molar-refractivity contribution is 7.90. The van der Waals surface area contributed by atoms with Gasteiger partial charge in [0.15, 0.2) is 9.84 Å². The first-order chi connectivity index (χ1) is 7.97. The molecule has 0 aliphatic heterocycles. The molecule has 0 radical (unpaired) electrons. The molecule has 17 heavy (non-hydrogen) atoms. The Morgan fingerprint density at radius 3 is 2.82 bits per heavy atom. The Kier molecular flexibility index (Phi) is 3.35. The van der Waals surface area contributed by atoms with Crippen molar-refractivity contribution in [3.8, 4) is 0 Å². The van der Waals surface area contributed by atoms with Crippen LogP contribution in [0, 0.1) is 5.92 Å². The Morgan fingerprint density at radius 1 is 1.53 bits per heavy atom. The molecule has 0 atom stereocenters. The molecule has 1 fully saturated rings. The Balaban J connectivity index is 2.05. The zero-order chi connectivity index (χ0) is 12.5. The van der Waals surface area contributed by atoms with E-state index in [1.54, 1.807) is 18.3 Å². The van der Waals surface area contributed by atoms with Crippen molar-refractivity contribution in [1.82, 2.24) is 4.98 Å². The fourth-order valence-electron chi connectivity index (χ4n) is 1.93. The number of pyridine rings is 1. The van der Waals surface area contributed by atoms with Gasteiger partial charge in [-0.2, -0.15) is 0 Å². The lowest BCUT2D eigenvalue weighted by Gasteiger charge is -2.31. The third-order valence-corrected chi connectivity index (χ3v) is 4.07. The molecule has 0 aromatic carbocycles. The minimum Gasteiger partial charge on any atom is -0.393 e. The van der Waals surface area contributed by atoms with Crippen LogP contribution in [0.5, 0.6) is 0 Å².